The summed E-state index contributed by atoms with van der Waals surface area (Å²) in [7, 11) is -1.75. The van der Waals surface area contributed by atoms with Gasteiger partial charge in [-0.3, -0.25) is 4.79 Å². The molecule has 0 aliphatic carbocycles. The Labute approximate surface area is 160 Å². The van der Waals surface area contributed by atoms with Crippen LogP contribution in [0.1, 0.15) is 51.3 Å². The number of halogens is 5. The van der Waals surface area contributed by atoms with Crippen molar-refractivity contribution in [1.82, 2.24) is 4.72 Å². The van der Waals surface area contributed by atoms with E-state index >= 15 is 0 Å². The molecule has 148 valence electrons. The summed E-state index contributed by atoms with van der Waals surface area (Å²) in [5.41, 5.74) is -1.89. The maximum atomic E-state index is 14.5. The third-order valence-electron chi connectivity index (χ3n) is 3.23. The molecule has 0 heterocycles. The van der Waals surface area contributed by atoms with Crippen LogP contribution < -0.4 is 4.72 Å². The number of esters is 1. The zero-order valence-corrected chi connectivity index (χ0v) is 17.1. The number of benzene rings is 1. The molecule has 1 aromatic rings. The summed E-state index contributed by atoms with van der Waals surface area (Å²) in [5, 5.41) is 0. The zero-order valence-electron chi connectivity index (χ0n) is 14.7. The lowest BCUT2D eigenvalue weighted by Crippen LogP contribution is -2.37. The molecule has 0 bridgehead atoms. The van der Waals surface area contributed by atoms with Gasteiger partial charge in [-0.05, 0) is 39.8 Å². The van der Waals surface area contributed by atoms with Crippen LogP contribution in [-0.2, 0) is 26.7 Å². The average Bonchev–Trinajstić information content (AvgIpc) is 2.46. The first-order valence-corrected chi connectivity index (χ1v) is 9.61. The third-order valence-corrected chi connectivity index (χ3v) is 5.30. The van der Waals surface area contributed by atoms with E-state index in [-0.39, 0.29) is 11.1 Å². The zero-order chi connectivity index (χ0) is 20.3. The Bertz CT molecular complexity index is 689. The van der Waals surface area contributed by atoms with Crippen molar-refractivity contribution in [1.29, 1.82) is 0 Å². The van der Waals surface area contributed by atoms with E-state index < -0.39 is 57.3 Å². The Balaban J connectivity index is 3.40. The van der Waals surface area contributed by atoms with E-state index in [1.54, 1.807) is 27.7 Å². The largest absolute Gasteiger partial charge is 0.466 e. The summed E-state index contributed by atoms with van der Waals surface area (Å²) in [6, 6.07) is 0.482. The van der Waals surface area contributed by atoms with Crippen molar-refractivity contribution < 1.29 is 31.3 Å². The van der Waals surface area contributed by atoms with Crippen LogP contribution in [0, 0.1) is 5.82 Å². The van der Waals surface area contributed by atoms with Crippen LogP contribution in [0.3, 0.4) is 0 Å². The van der Waals surface area contributed by atoms with Crippen molar-refractivity contribution in [2.75, 3.05) is 6.61 Å². The quantitative estimate of drug-likeness (QED) is 0.495. The van der Waals surface area contributed by atoms with Gasteiger partial charge in [0, 0.05) is 10.0 Å². The van der Waals surface area contributed by atoms with Crippen molar-refractivity contribution in [3.63, 3.8) is 0 Å². The van der Waals surface area contributed by atoms with Gasteiger partial charge in [-0.1, -0.05) is 15.9 Å². The fraction of sp³-hybridized carbons (Fsp3) is 0.562. The van der Waals surface area contributed by atoms with Gasteiger partial charge in [-0.2, -0.15) is 13.2 Å². The van der Waals surface area contributed by atoms with E-state index in [1.807, 2.05) is 0 Å². The van der Waals surface area contributed by atoms with E-state index in [0.29, 0.717) is 6.07 Å². The van der Waals surface area contributed by atoms with Crippen molar-refractivity contribution >= 4 is 32.9 Å². The fourth-order valence-electron chi connectivity index (χ4n) is 1.98. The van der Waals surface area contributed by atoms with Gasteiger partial charge in [-0.15, -0.1) is 0 Å². The molecule has 0 radical (unpaired) electrons. The molecular formula is C16H20BrF4NO3S. The highest BCUT2D eigenvalue weighted by atomic mass is 79.9. The number of hydrogen-bond acceptors (Lipinski definition) is 3. The fourth-order valence-corrected chi connectivity index (χ4v) is 3.28. The average molecular weight is 462 g/mol. The normalized spacial score (nSPS) is 14.8. The molecule has 1 aromatic carbocycles. The molecule has 1 rings (SSSR count). The van der Waals surface area contributed by atoms with Gasteiger partial charge in [0.1, 0.15) is 5.82 Å². The summed E-state index contributed by atoms with van der Waals surface area (Å²) in [6.07, 6.45) is -5.39. The number of hydrogen-bond donors (Lipinski definition) is 1. The minimum atomic E-state index is -4.92. The molecule has 0 unspecified atom stereocenters. The third kappa shape index (κ3) is 6.31. The molecule has 0 saturated carbocycles. The molecule has 10 heteroatoms. The summed E-state index contributed by atoms with van der Waals surface area (Å²) >= 11 is 2.92. The topological polar surface area (TPSA) is 55.4 Å². The Morgan fingerprint density at radius 2 is 1.88 bits per heavy atom. The molecule has 0 aliphatic heterocycles. The summed E-state index contributed by atoms with van der Waals surface area (Å²) < 4.78 is 72.7. The van der Waals surface area contributed by atoms with Crippen LogP contribution in [-0.4, -0.2) is 21.5 Å². The Morgan fingerprint density at radius 3 is 2.35 bits per heavy atom. The number of nitrogens with one attached hydrogen (secondary N) is 1. The predicted molar refractivity (Wildman–Crippen MR) is 94.1 cm³/mol. The predicted octanol–water partition coefficient (Wildman–Crippen LogP) is 4.65. The van der Waals surface area contributed by atoms with Gasteiger partial charge in [-0.25, -0.2) is 13.3 Å². The lowest BCUT2D eigenvalue weighted by molar-refractivity contribution is -0.143. The first kappa shape index (κ1) is 23.0. The smallest absolute Gasteiger partial charge is 0.419 e. The number of carbonyl (C=O) groups is 1. The lowest BCUT2D eigenvalue weighted by atomic mass is 10.0. The van der Waals surface area contributed by atoms with E-state index in [0.717, 1.165) is 6.07 Å². The van der Waals surface area contributed by atoms with Crippen molar-refractivity contribution in [3.05, 3.63) is 33.5 Å². The second kappa shape index (κ2) is 8.79. The molecule has 1 N–H and O–H groups in total. The first-order chi connectivity index (χ1) is 11.8. The molecule has 26 heavy (non-hydrogen) atoms. The van der Waals surface area contributed by atoms with E-state index in [2.05, 4.69) is 20.7 Å². The van der Waals surface area contributed by atoms with E-state index in [1.165, 1.54) is 0 Å². The second-order valence-electron chi connectivity index (χ2n) is 6.42. The summed E-state index contributed by atoms with van der Waals surface area (Å²) in [6.45, 7) is 6.53. The SMILES string of the molecule is CCOC(=O)C[C@H](N[S@@](=O)C(C)(C)C)c1cc(Br)cc(C(F)(F)F)c1F. The summed E-state index contributed by atoms with van der Waals surface area (Å²) in [4.78, 5) is 11.8. The molecule has 0 amide bonds. The number of alkyl halides is 3. The van der Waals surface area contributed by atoms with Gasteiger partial charge in [0.05, 0.1) is 40.4 Å². The van der Waals surface area contributed by atoms with Gasteiger partial charge >= 0.3 is 12.1 Å². The highest BCUT2D eigenvalue weighted by molar-refractivity contribution is 9.10. The van der Waals surface area contributed by atoms with Gasteiger partial charge in [0.2, 0.25) is 0 Å². The maximum Gasteiger partial charge on any atom is 0.419 e. The summed E-state index contributed by atoms with van der Waals surface area (Å²) in [5.74, 6) is -2.27. The molecule has 0 fully saturated rings. The molecule has 0 saturated heterocycles. The maximum absolute atomic E-state index is 14.5. The second-order valence-corrected chi connectivity index (χ2v) is 9.33. The first-order valence-electron chi connectivity index (χ1n) is 7.67. The van der Waals surface area contributed by atoms with Crippen molar-refractivity contribution in [2.45, 2.75) is 51.1 Å². The number of ether oxygens (including phenoxy) is 1. The van der Waals surface area contributed by atoms with Crippen LogP contribution in [0.2, 0.25) is 0 Å². The van der Waals surface area contributed by atoms with Crippen LogP contribution >= 0.6 is 15.9 Å². The van der Waals surface area contributed by atoms with Crippen LogP contribution in [0.5, 0.6) is 0 Å². The minimum Gasteiger partial charge on any atom is -0.466 e. The van der Waals surface area contributed by atoms with E-state index in [9.17, 15) is 26.6 Å². The Kier molecular flexibility index (Phi) is 7.79. The van der Waals surface area contributed by atoms with Crippen LogP contribution in [0.15, 0.2) is 16.6 Å². The molecule has 4 nitrogen and oxygen atoms in total. The van der Waals surface area contributed by atoms with Crippen LogP contribution in [0.25, 0.3) is 0 Å². The molecule has 0 aromatic heterocycles. The molecule has 2 atom stereocenters. The van der Waals surface area contributed by atoms with Gasteiger partial charge in [0.25, 0.3) is 0 Å². The van der Waals surface area contributed by atoms with Crippen molar-refractivity contribution in [2.24, 2.45) is 0 Å². The standard InChI is InChI=1S/C16H20BrF4NO3S/c1-5-25-13(23)8-12(22-26(24)15(2,3)4)10-6-9(17)7-11(14(10)18)16(19,20)21/h6-7,12,22H,5,8H2,1-4H3/t12-,26-/m0/s1. The molecule has 0 spiro atoms. The lowest BCUT2D eigenvalue weighted by Gasteiger charge is -2.25. The minimum absolute atomic E-state index is 0.0153. The van der Waals surface area contributed by atoms with Gasteiger partial charge < -0.3 is 4.74 Å². The molecular weight excluding hydrogens is 442 g/mol. The highest BCUT2D eigenvalue weighted by Gasteiger charge is 2.37. The number of rotatable bonds is 6. The van der Waals surface area contributed by atoms with E-state index in [4.69, 9.17) is 4.74 Å². The Hall–Kier alpha value is -1.00. The van der Waals surface area contributed by atoms with Crippen molar-refractivity contribution in [3.8, 4) is 0 Å². The number of carbonyl (C=O) groups excluding carboxylic acids is 1. The van der Waals surface area contributed by atoms with Gasteiger partial charge in [0.15, 0.2) is 0 Å². The monoisotopic (exact) mass is 461 g/mol. The highest BCUT2D eigenvalue weighted by Crippen LogP contribution is 2.37. The van der Waals surface area contributed by atoms with Crippen LogP contribution in [0.4, 0.5) is 17.6 Å². The molecule has 0 aliphatic rings. The Morgan fingerprint density at radius 1 is 1.31 bits per heavy atom.